The topological polar surface area (TPSA) is 70.2 Å². The molecule has 17 heavy (non-hydrogen) atoms. The van der Waals surface area contributed by atoms with Gasteiger partial charge in [0.25, 0.3) is 12.0 Å². The third-order valence-electron chi connectivity index (χ3n) is 1.83. The summed E-state index contributed by atoms with van der Waals surface area (Å²) in [5.41, 5.74) is -6.28. The van der Waals surface area contributed by atoms with Crippen LogP contribution < -0.4 is 5.56 Å². The van der Waals surface area contributed by atoms with Crippen LogP contribution in [0.15, 0.2) is 10.9 Å². The Kier molecular flexibility index (Phi) is 3.21. The van der Waals surface area contributed by atoms with Gasteiger partial charge in [-0.1, -0.05) is 0 Å². The van der Waals surface area contributed by atoms with Gasteiger partial charge in [0.1, 0.15) is 5.56 Å². The van der Waals surface area contributed by atoms with Crippen molar-refractivity contribution in [3.63, 3.8) is 0 Å². The quantitative estimate of drug-likeness (QED) is 0.796. The van der Waals surface area contributed by atoms with Gasteiger partial charge in [-0.2, -0.15) is 13.2 Å². The maximum atomic E-state index is 12.3. The van der Waals surface area contributed by atoms with Crippen molar-refractivity contribution in [1.82, 2.24) is 4.98 Å². The molecule has 0 atom stereocenters. The lowest BCUT2D eigenvalue weighted by atomic mass is 10.1. The minimum atomic E-state index is -5.11. The minimum absolute atomic E-state index is 0.108. The van der Waals surface area contributed by atoms with E-state index in [9.17, 15) is 31.5 Å². The number of rotatable bonds is 2. The summed E-state index contributed by atoms with van der Waals surface area (Å²) in [4.78, 5) is 22.6. The summed E-state index contributed by atoms with van der Waals surface area (Å²) in [5.74, 6) is -1.98. The average Bonchev–Trinajstić information content (AvgIpc) is 2.14. The van der Waals surface area contributed by atoms with E-state index in [4.69, 9.17) is 5.11 Å². The molecule has 0 spiro atoms. The van der Waals surface area contributed by atoms with Gasteiger partial charge in [0.15, 0.2) is 0 Å². The summed E-state index contributed by atoms with van der Waals surface area (Å²) in [6.45, 7) is 0. The first-order chi connectivity index (χ1) is 7.64. The molecule has 0 unspecified atom stereocenters. The Labute approximate surface area is 89.7 Å². The number of pyridine rings is 1. The van der Waals surface area contributed by atoms with E-state index in [1.807, 2.05) is 0 Å². The van der Waals surface area contributed by atoms with E-state index in [1.165, 1.54) is 4.98 Å². The lowest BCUT2D eigenvalue weighted by Gasteiger charge is -2.09. The van der Waals surface area contributed by atoms with Crippen molar-refractivity contribution in [2.24, 2.45) is 0 Å². The molecule has 0 fully saturated rings. The molecule has 0 aliphatic rings. The highest BCUT2D eigenvalue weighted by Crippen LogP contribution is 2.29. The third kappa shape index (κ3) is 2.60. The standard InChI is InChI=1S/C8H4F5NO3/c9-5(10)4-2(7(16)17)1-3(6(15)14-4)8(11,12)13/h1,5H,(H,14,15)(H,16,17). The molecule has 0 saturated carbocycles. The van der Waals surface area contributed by atoms with Crippen LogP contribution >= 0.6 is 0 Å². The summed E-state index contributed by atoms with van der Waals surface area (Å²) >= 11 is 0. The van der Waals surface area contributed by atoms with Crippen molar-refractivity contribution in [3.8, 4) is 0 Å². The van der Waals surface area contributed by atoms with Crippen molar-refractivity contribution < 1.29 is 31.9 Å². The predicted octanol–water partition coefficient (Wildman–Crippen LogP) is 2.03. The zero-order chi connectivity index (χ0) is 13.4. The van der Waals surface area contributed by atoms with Gasteiger partial charge in [-0.25, -0.2) is 13.6 Å². The predicted molar refractivity (Wildman–Crippen MR) is 44.0 cm³/mol. The van der Waals surface area contributed by atoms with Gasteiger partial charge < -0.3 is 10.1 Å². The van der Waals surface area contributed by atoms with Crippen molar-refractivity contribution >= 4 is 5.97 Å². The summed E-state index contributed by atoms with van der Waals surface area (Å²) in [5, 5.41) is 8.47. The molecule has 94 valence electrons. The molecular formula is C8H4F5NO3. The second-order valence-electron chi connectivity index (χ2n) is 2.94. The number of nitrogens with one attached hydrogen (secondary N) is 1. The molecule has 0 aromatic carbocycles. The number of hydrogen-bond donors (Lipinski definition) is 2. The molecule has 1 aromatic heterocycles. The molecule has 0 aliphatic heterocycles. The van der Waals surface area contributed by atoms with Crippen LogP contribution in [-0.2, 0) is 6.18 Å². The number of aromatic amines is 1. The lowest BCUT2D eigenvalue weighted by molar-refractivity contribution is -0.138. The van der Waals surface area contributed by atoms with E-state index >= 15 is 0 Å². The maximum absolute atomic E-state index is 12.3. The van der Waals surface area contributed by atoms with E-state index in [0.717, 1.165) is 0 Å². The number of carboxylic acids is 1. The molecule has 9 heteroatoms. The smallest absolute Gasteiger partial charge is 0.421 e. The molecule has 0 amide bonds. The van der Waals surface area contributed by atoms with Crippen LogP contribution in [0.1, 0.15) is 28.0 Å². The molecule has 0 radical (unpaired) electrons. The number of H-pyrrole nitrogens is 1. The third-order valence-corrected chi connectivity index (χ3v) is 1.83. The fourth-order valence-electron chi connectivity index (χ4n) is 1.10. The molecule has 0 bridgehead atoms. The summed E-state index contributed by atoms with van der Waals surface area (Å²) in [7, 11) is 0. The highest BCUT2D eigenvalue weighted by Gasteiger charge is 2.36. The number of carbonyl (C=O) groups is 1. The van der Waals surface area contributed by atoms with Crippen LogP contribution in [0.4, 0.5) is 22.0 Å². The minimum Gasteiger partial charge on any atom is -0.478 e. The van der Waals surface area contributed by atoms with Gasteiger partial charge in [0, 0.05) is 0 Å². The van der Waals surface area contributed by atoms with E-state index in [0.29, 0.717) is 0 Å². The molecular weight excluding hydrogens is 253 g/mol. The molecule has 2 N–H and O–H groups in total. The Morgan fingerprint density at radius 1 is 1.35 bits per heavy atom. The summed E-state index contributed by atoms with van der Waals surface area (Å²) in [6, 6.07) is -0.108. The Morgan fingerprint density at radius 2 is 1.88 bits per heavy atom. The number of carboxylic acid groups (broad SMARTS) is 1. The Bertz CT molecular complexity index is 505. The van der Waals surface area contributed by atoms with Gasteiger partial charge in [0.2, 0.25) is 0 Å². The largest absolute Gasteiger partial charge is 0.478 e. The fourth-order valence-corrected chi connectivity index (χ4v) is 1.10. The van der Waals surface area contributed by atoms with Gasteiger partial charge in [-0.15, -0.1) is 0 Å². The van der Waals surface area contributed by atoms with Crippen LogP contribution in [0, 0.1) is 0 Å². The van der Waals surface area contributed by atoms with Crippen molar-refractivity contribution in [2.45, 2.75) is 12.6 Å². The van der Waals surface area contributed by atoms with Gasteiger partial charge >= 0.3 is 12.1 Å². The van der Waals surface area contributed by atoms with E-state index in [1.54, 1.807) is 0 Å². The van der Waals surface area contributed by atoms with Gasteiger partial charge in [-0.3, -0.25) is 4.79 Å². The number of hydrogen-bond acceptors (Lipinski definition) is 2. The SMILES string of the molecule is O=C(O)c1cc(C(F)(F)F)c(=O)[nH]c1C(F)F. The average molecular weight is 257 g/mol. The van der Waals surface area contributed by atoms with Crippen LogP contribution in [0.2, 0.25) is 0 Å². The van der Waals surface area contributed by atoms with Crippen LogP contribution in [0.25, 0.3) is 0 Å². The first-order valence-corrected chi connectivity index (χ1v) is 4.00. The van der Waals surface area contributed by atoms with E-state index in [-0.39, 0.29) is 6.07 Å². The number of alkyl halides is 5. The van der Waals surface area contributed by atoms with Crippen LogP contribution in [0.3, 0.4) is 0 Å². The first kappa shape index (κ1) is 13.1. The maximum Gasteiger partial charge on any atom is 0.421 e. The zero-order valence-corrected chi connectivity index (χ0v) is 7.81. The highest BCUT2D eigenvalue weighted by atomic mass is 19.4. The fraction of sp³-hybridized carbons (Fsp3) is 0.250. The highest BCUT2D eigenvalue weighted by molar-refractivity contribution is 5.89. The second kappa shape index (κ2) is 4.15. The molecule has 1 heterocycles. The summed E-state index contributed by atoms with van der Waals surface area (Å²) < 4.78 is 61.2. The van der Waals surface area contributed by atoms with Crippen molar-refractivity contribution in [2.75, 3.05) is 0 Å². The van der Waals surface area contributed by atoms with Gasteiger partial charge in [0.05, 0.1) is 11.3 Å². The molecule has 0 saturated heterocycles. The zero-order valence-electron chi connectivity index (χ0n) is 7.81. The first-order valence-electron chi connectivity index (χ1n) is 4.00. The second-order valence-corrected chi connectivity index (χ2v) is 2.94. The Balaban J connectivity index is 3.57. The Morgan fingerprint density at radius 3 is 2.24 bits per heavy atom. The molecule has 0 aliphatic carbocycles. The van der Waals surface area contributed by atoms with Crippen LogP contribution in [-0.4, -0.2) is 16.1 Å². The summed E-state index contributed by atoms with van der Waals surface area (Å²) in [6.07, 6.45) is -8.51. The molecule has 1 rings (SSSR count). The molecule has 4 nitrogen and oxygen atoms in total. The molecule has 1 aromatic rings. The number of aromatic carboxylic acids is 1. The van der Waals surface area contributed by atoms with E-state index < -0.39 is 41.0 Å². The van der Waals surface area contributed by atoms with Crippen molar-refractivity contribution in [1.29, 1.82) is 0 Å². The van der Waals surface area contributed by atoms with Crippen molar-refractivity contribution in [3.05, 3.63) is 33.2 Å². The normalized spacial score (nSPS) is 11.9. The van der Waals surface area contributed by atoms with Gasteiger partial charge in [-0.05, 0) is 6.07 Å². The monoisotopic (exact) mass is 257 g/mol. The Hall–Kier alpha value is -1.93. The van der Waals surface area contributed by atoms with E-state index in [2.05, 4.69) is 0 Å². The number of aromatic nitrogens is 1. The van der Waals surface area contributed by atoms with Crippen LogP contribution in [0.5, 0.6) is 0 Å². The number of halogens is 5. The lowest BCUT2D eigenvalue weighted by Crippen LogP contribution is -2.25.